The molecule has 1 unspecified atom stereocenters. The number of halogens is 1. The van der Waals surface area contributed by atoms with Crippen molar-refractivity contribution in [2.24, 2.45) is 5.73 Å². The smallest absolute Gasteiger partial charge is 0.263 e. The first kappa shape index (κ1) is 18.4. The molecule has 0 aliphatic rings. The first-order valence-corrected chi connectivity index (χ1v) is 9.82. The van der Waals surface area contributed by atoms with E-state index in [2.05, 4.69) is 0 Å². The third-order valence-corrected chi connectivity index (χ3v) is 5.89. The van der Waals surface area contributed by atoms with E-state index in [9.17, 15) is 9.59 Å². The summed E-state index contributed by atoms with van der Waals surface area (Å²) in [6, 6.07) is 17.7. The maximum absolute atomic E-state index is 13.3. The van der Waals surface area contributed by atoms with Crippen LogP contribution in [-0.4, -0.2) is 15.5 Å². The number of fused-ring (bicyclic) bond motifs is 1. The number of aromatic nitrogens is 2. The lowest BCUT2D eigenvalue weighted by Crippen LogP contribution is -2.33. The zero-order valence-electron chi connectivity index (χ0n) is 14.9. The van der Waals surface area contributed by atoms with Crippen LogP contribution >= 0.6 is 22.9 Å². The molecule has 0 fully saturated rings. The van der Waals surface area contributed by atoms with Crippen LogP contribution in [0.2, 0.25) is 5.02 Å². The minimum absolute atomic E-state index is 0.292. The fourth-order valence-corrected chi connectivity index (χ4v) is 4.18. The fraction of sp³-hybridized carbons (Fsp3) is 0.0952. The molecule has 2 aromatic carbocycles. The SMILES string of the molecule is CC(C(N)=O)n1c(-c2ccc(Cl)cc2)nc2sc(-c3ccccc3)cc2c1=O. The molecular weight excluding hydrogens is 394 g/mol. The Labute approximate surface area is 170 Å². The van der Waals surface area contributed by atoms with Crippen molar-refractivity contribution in [1.29, 1.82) is 0 Å². The Bertz CT molecular complexity index is 1230. The summed E-state index contributed by atoms with van der Waals surface area (Å²) in [5.41, 5.74) is 6.90. The molecular formula is C21H16ClN3O2S. The minimum Gasteiger partial charge on any atom is -0.368 e. The molecule has 0 bridgehead atoms. The van der Waals surface area contributed by atoms with Gasteiger partial charge in [-0.05, 0) is 42.8 Å². The van der Waals surface area contributed by atoms with Gasteiger partial charge in [-0.1, -0.05) is 41.9 Å². The van der Waals surface area contributed by atoms with Crippen LogP contribution in [0, 0.1) is 0 Å². The predicted octanol–water partition coefficient (Wildman–Crippen LogP) is 4.49. The van der Waals surface area contributed by atoms with Gasteiger partial charge in [-0.15, -0.1) is 11.3 Å². The van der Waals surface area contributed by atoms with Crippen molar-refractivity contribution in [3.63, 3.8) is 0 Å². The van der Waals surface area contributed by atoms with Crippen LogP contribution in [0.1, 0.15) is 13.0 Å². The van der Waals surface area contributed by atoms with Crippen LogP contribution in [0.3, 0.4) is 0 Å². The lowest BCUT2D eigenvalue weighted by molar-refractivity contribution is -0.120. The standard InChI is InChI=1S/C21H16ClN3O2S/c1-12(18(23)26)25-19(14-7-9-15(22)10-8-14)24-20-16(21(25)27)11-17(28-20)13-5-3-2-4-6-13/h2-12H,1H3,(H2,23,26). The summed E-state index contributed by atoms with van der Waals surface area (Å²) in [5.74, 6) is -0.209. The number of hydrogen-bond donors (Lipinski definition) is 1. The Balaban J connectivity index is 2.01. The van der Waals surface area contributed by atoms with Gasteiger partial charge in [0.05, 0.1) is 5.39 Å². The molecule has 0 radical (unpaired) electrons. The van der Waals surface area contributed by atoms with E-state index in [1.54, 1.807) is 31.2 Å². The number of carbonyl (C=O) groups is 1. The lowest BCUT2D eigenvalue weighted by atomic mass is 10.1. The summed E-state index contributed by atoms with van der Waals surface area (Å²) in [7, 11) is 0. The molecule has 28 heavy (non-hydrogen) atoms. The number of hydrogen-bond acceptors (Lipinski definition) is 4. The highest BCUT2D eigenvalue weighted by molar-refractivity contribution is 7.21. The summed E-state index contributed by atoms with van der Waals surface area (Å²) < 4.78 is 1.36. The number of nitrogens with two attached hydrogens (primary N) is 1. The monoisotopic (exact) mass is 409 g/mol. The molecule has 140 valence electrons. The second-order valence-corrected chi connectivity index (χ2v) is 7.86. The van der Waals surface area contributed by atoms with Gasteiger partial charge in [0, 0.05) is 15.5 Å². The summed E-state index contributed by atoms with van der Waals surface area (Å²) in [6.45, 7) is 1.60. The quantitative estimate of drug-likeness (QED) is 0.539. The molecule has 2 aromatic heterocycles. The van der Waals surface area contributed by atoms with E-state index in [1.807, 2.05) is 36.4 Å². The van der Waals surface area contributed by atoms with Crippen molar-refractivity contribution < 1.29 is 4.79 Å². The largest absolute Gasteiger partial charge is 0.368 e. The first-order chi connectivity index (χ1) is 13.5. The second-order valence-electron chi connectivity index (χ2n) is 6.39. The molecule has 0 saturated carbocycles. The summed E-state index contributed by atoms with van der Waals surface area (Å²) >= 11 is 7.43. The van der Waals surface area contributed by atoms with Gasteiger partial charge in [0.1, 0.15) is 16.7 Å². The van der Waals surface area contributed by atoms with Crippen molar-refractivity contribution in [2.75, 3.05) is 0 Å². The van der Waals surface area contributed by atoms with E-state index in [0.29, 0.717) is 26.6 Å². The van der Waals surface area contributed by atoms with Crippen LogP contribution in [-0.2, 0) is 4.79 Å². The van der Waals surface area contributed by atoms with Crippen molar-refractivity contribution in [2.45, 2.75) is 13.0 Å². The van der Waals surface area contributed by atoms with Gasteiger partial charge in [-0.3, -0.25) is 14.2 Å². The van der Waals surface area contributed by atoms with Crippen LogP contribution in [0.25, 0.3) is 32.0 Å². The molecule has 4 rings (SSSR count). The molecule has 1 atom stereocenters. The number of rotatable bonds is 4. The van der Waals surface area contributed by atoms with Gasteiger partial charge in [-0.25, -0.2) is 4.98 Å². The average Bonchev–Trinajstić information content (AvgIpc) is 3.13. The van der Waals surface area contributed by atoms with Gasteiger partial charge in [0.25, 0.3) is 5.56 Å². The number of benzene rings is 2. The van der Waals surface area contributed by atoms with E-state index in [1.165, 1.54) is 15.9 Å². The van der Waals surface area contributed by atoms with Gasteiger partial charge >= 0.3 is 0 Å². The molecule has 5 nitrogen and oxygen atoms in total. The fourth-order valence-electron chi connectivity index (χ4n) is 3.03. The van der Waals surface area contributed by atoms with Gasteiger partial charge in [0.2, 0.25) is 5.91 Å². The Morgan fingerprint density at radius 1 is 1.11 bits per heavy atom. The third-order valence-electron chi connectivity index (χ3n) is 4.56. The van der Waals surface area contributed by atoms with Crippen LogP contribution < -0.4 is 11.3 Å². The highest BCUT2D eigenvalue weighted by Crippen LogP contribution is 2.33. The van der Waals surface area contributed by atoms with Gasteiger partial charge in [0.15, 0.2) is 0 Å². The third kappa shape index (κ3) is 3.21. The molecule has 2 heterocycles. The van der Waals surface area contributed by atoms with Crippen molar-refractivity contribution in [1.82, 2.24) is 9.55 Å². The highest BCUT2D eigenvalue weighted by Gasteiger charge is 2.22. The number of nitrogens with zero attached hydrogens (tertiary/aromatic N) is 2. The summed E-state index contributed by atoms with van der Waals surface area (Å²) in [5, 5.41) is 1.04. The van der Waals surface area contributed by atoms with E-state index < -0.39 is 11.9 Å². The van der Waals surface area contributed by atoms with Crippen LogP contribution in [0.5, 0.6) is 0 Å². The maximum Gasteiger partial charge on any atom is 0.263 e. The molecule has 0 saturated heterocycles. The maximum atomic E-state index is 13.3. The van der Waals surface area contributed by atoms with E-state index in [0.717, 1.165) is 10.4 Å². The van der Waals surface area contributed by atoms with E-state index >= 15 is 0 Å². The van der Waals surface area contributed by atoms with E-state index in [-0.39, 0.29) is 5.56 Å². The zero-order chi connectivity index (χ0) is 19.8. The topological polar surface area (TPSA) is 78.0 Å². The number of amides is 1. The van der Waals surface area contributed by atoms with Crippen LogP contribution in [0.4, 0.5) is 0 Å². The summed E-state index contributed by atoms with van der Waals surface area (Å²) in [6.07, 6.45) is 0. The molecule has 0 aliphatic heterocycles. The van der Waals surface area contributed by atoms with Crippen molar-refractivity contribution in [3.05, 3.63) is 76.0 Å². The molecule has 0 aliphatic carbocycles. The highest BCUT2D eigenvalue weighted by atomic mass is 35.5. The van der Waals surface area contributed by atoms with Crippen LogP contribution in [0.15, 0.2) is 65.5 Å². The van der Waals surface area contributed by atoms with Gasteiger partial charge in [-0.2, -0.15) is 0 Å². The molecule has 2 N–H and O–H groups in total. The van der Waals surface area contributed by atoms with E-state index in [4.69, 9.17) is 22.3 Å². The Morgan fingerprint density at radius 2 is 1.79 bits per heavy atom. The lowest BCUT2D eigenvalue weighted by Gasteiger charge is -2.16. The normalized spacial score (nSPS) is 12.2. The molecule has 1 amide bonds. The Hall–Kier alpha value is -2.96. The predicted molar refractivity (Wildman–Crippen MR) is 114 cm³/mol. The summed E-state index contributed by atoms with van der Waals surface area (Å²) in [4.78, 5) is 31.4. The molecule has 0 spiro atoms. The Morgan fingerprint density at radius 3 is 2.43 bits per heavy atom. The van der Waals surface area contributed by atoms with Crippen molar-refractivity contribution in [3.8, 4) is 21.8 Å². The minimum atomic E-state index is -0.838. The second kappa shape index (κ2) is 7.22. The molecule has 4 aromatic rings. The zero-order valence-corrected chi connectivity index (χ0v) is 16.5. The number of carbonyl (C=O) groups excluding carboxylic acids is 1. The number of primary amides is 1. The molecule has 7 heteroatoms. The first-order valence-electron chi connectivity index (χ1n) is 8.62. The van der Waals surface area contributed by atoms with Gasteiger partial charge < -0.3 is 5.73 Å². The number of thiophene rings is 1. The van der Waals surface area contributed by atoms with Crippen molar-refractivity contribution >= 4 is 39.1 Å². The Kier molecular flexibility index (Phi) is 4.75. The average molecular weight is 410 g/mol.